The van der Waals surface area contributed by atoms with Gasteiger partial charge in [0.1, 0.15) is 17.7 Å². The van der Waals surface area contributed by atoms with Gasteiger partial charge in [-0.1, -0.05) is 50.5 Å². The van der Waals surface area contributed by atoms with E-state index in [-0.39, 0.29) is 5.78 Å². The van der Waals surface area contributed by atoms with Crippen molar-refractivity contribution in [2.75, 3.05) is 6.61 Å². The highest BCUT2D eigenvalue weighted by molar-refractivity contribution is 5.94. The van der Waals surface area contributed by atoms with Crippen molar-refractivity contribution in [3.8, 4) is 28.5 Å². The van der Waals surface area contributed by atoms with Crippen molar-refractivity contribution in [3.05, 3.63) is 60.4 Å². The van der Waals surface area contributed by atoms with E-state index in [1.807, 2.05) is 36.4 Å². The highest BCUT2D eigenvalue weighted by atomic mass is 16.5. The number of benzene rings is 2. The minimum atomic E-state index is 0.0510. The van der Waals surface area contributed by atoms with Gasteiger partial charge in [-0.25, -0.2) is 4.98 Å². The number of Topliss-reactive ketones (excluding diaryl/α,β-unsaturated/α-hetero) is 1. The van der Waals surface area contributed by atoms with Crippen LogP contribution < -0.4 is 4.74 Å². The number of carbonyl (C=O) groups is 1. The van der Waals surface area contributed by atoms with Gasteiger partial charge in [-0.2, -0.15) is 0 Å². The molecule has 0 N–H and O–H groups in total. The molecule has 0 fully saturated rings. The number of hydrogen-bond acceptors (Lipinski definition) is 4. The maximum atomic E-state index is 11.4. The Balaban J connectivity index is 1.63. The molecule has 4 nitrogen and oxygen atoms in total. The second-order valence-electron chi connectivity index (χ2n) is 6.60. The predicted molar refractivity (Wildman–Crippen MR) is 107 cm³/mol. The summed E-state index contributed by atoms with van der Waals surface area (Å²) < 4.78 is 11.4. The SMILES string of the molecule is CCCCCCOc1ccc(-c2nc(-c3ccc(C(C)=O)cc3)co2)cc1. The number of nitrogens with zero attached hydrogens (tertiary/aromatic N) is 1. The highest BCUT2D eigenvalue weighted by Crippen LogP contribution is 2.26. The molecule has 27 heavy (non-hydrogen) atoms. The van der Waals surface area contributed by atoms with Crippen LogP contribution in [-0.2, 0) is 0 Å². The minimum absolute atomic E-state index is 0.0510. The average Bonchev–Trinajstić information content (AvgIpc) is 3.18. The number of carbonyl (C=O) groups excluding carboxylic acids is 1. The van der Waals surface area contributed by atoms with Crippen molar-refractivity contribution in [2.45, 2.75) is 39.5 Å². The summed E-state index contributed by atoms with van der Waals surface area (Å²) >= 11 is 0. The molecule has 0 aliphatic carbocycles. The first kappa shape index (κ1) is 18.9. The fourth-order valence-corrected chi connectivity index (χ4v) is 2.83. The Labute approximate surface area is 160 Å². The van der Waals surface area contributed by atoms with Crippen LogP contribution in [0.15, 0.2) is 59.2 Å². The van der Waals surface area contributed by atoms with Crippen LogP contribution in [0.1, 0.15) is 49.9 Å². The first-order chi connectivity index (χ1) is 13.2. The fraction of sp³-hybridized carbons (Fsp3) is 0.304. The van der Waals surface area contributed by atoms with E-state index in [1.165, 1.54) is 19.3 Å². The zero-order valence-electron chi connectivity index (χ0n) is 15.9. The number of aromatic nitrogens is 1. The molecule has 3 rings (SSSR count). The number of ether oxygens (including phenoxy) is 1. The van der Waals surface area contributed by atoms with Crippen LogP contribution in [0.3, 0.4) is 0 Å². The zero-order valence-corrected chi connectivity index (χ0v) is 15.9. The minimum Gasteiger partial charge on any atom is -0.494 e. The van der Waals surface area contributed by atoms with Crippen molar-refractivity contribution in [1.29, 1.82) is 0 Å². The Morgan fingerprint density at radius 2 is 1.67 bits per heavy atom. The molecule has 3 aromatic rings. The van der Waals surface area contributed by atoms with E-state index < -0.39 is 0 Å². The molecular weight excluding hydrogens is 338 g/mol. The summed E-state index contributed by atoms with van der Waals surface area (Å²) in [4.78, 5) is 15.9. The van der Waals surface area contributed by atoms with Crippen LogP contribution in [0, 0.1) is 0 Å². The van der Waals surface area contributed by atoms with E-state index >= 15 is 0 Å². The summed E-state index contributed by atoms with van der Waals surface area (Å²) in [6.07, 6.45) is 6.42. The van der Waals surface area contributed by atoms with Gasteiger partial charge in [-0.15, -0.1) is 0 Å². The molecule has 0 aliphatic heterocycles. The molecular formula is C23H25NO3. The van der Waals surface area contributed by atoms with Gasteiger partial charge in [-0.3, -0.25) is 4.79 Å². The van der Waals surface area contributed by atoms with Gasteiger partial charge in [-0.05, 0) is 37.6 Å². The van der Waals surface area contributed by atoms with Crippen LogP contribution in [0.5, 0.6) is 5.75 Å². The molecule has 4 heteroatoms. The monoisotopic (exact) mass is 363 g/mol. The van der Waals surface area contributed by atoms with Gasteiger partial charge in [0.25, 0.3) is 0 Å². The highest BCUT2D eigenvalue weighted by Gasteiger charge is 2.09. The quantitative estimate of drug-likeness (QED) is 0.337. The molecule has 0 amide bonds. The predicted octanol–water partition coefficient (Wildman–Crippen LogP) is 6.17. The molecule has 0 spiro atoms. The number of ketones is 1. The topological polar surface area (TPSA) is 52.3 Å². The zero-order chi connectivity index (χ0) is 19.1. The third-order valence-corrected chi connectivity index (χ3v) is 4.46. The Hall–Kier alpha value is -2.88. The second kappa shape index (κ2) is 9.17. The molecule has 140 valence electrons. The van der Waals surface area contributed by atoms with Crippen LogP contribution in [-0.4, -0.2) is 17.4 Å². The van der Waals surface area contributed by atoms with Crippen LogP contribution in [0.2, 0.25) is 0 Å². The Bertz CT molecular complexity index is 863. The lowest BCUT2D eigenvalue weighted by Crippen LogP contribution is -1.96. The first-order valence-corrected chi connectivity index (χ1v) is 9.47. The van der Waals surface area contributed by atoms with Crippen molar-refractivity contribution < 1.29 is 13.9 Å². The lowest BCUT2D eigenvalue weighted by Gasteiger charge is -2.06. The normalized spacial score (nSPS) is 10.7. The second-order valence-corrected chi connectivity index (χ2v) is 6.60. The van der Waals surface area contributed by atoms with Gasteiger partial charge < -0.3 is 9.15 Å². The summed E-state index contributed by atoms with van der Waals surface area (Å²) in [6.45, 7) is 4.51. The van der Waals surface area contributed by atoms with Gasteiger partial charge in [0.15, 0.2) is 5.78 Å². The van der Waals surface area contributed by atoms with Gasteiger partial charge in [0, 0.05) is 16.7 Å². The Kier molecular flexibility index (Phi) is 6.42. The molecule has 0 atom stereocenters. The van der Waals surface area contributed by atoms with Gasteiger partial charge >= 0.3 is 0 Å². The van der Waals surface area contributed by atoms with Crippen molar-refractivity contribution in [1.82, 2.24) is 4.98 Å². The lowest BCUT2D eigenvalue weighted by molar-refractivity contribution is 0.101. The number of oxazole rings is 1. The van der Waals surface area contributed by atoms with Crippen LogP contribution in [0.4, 0.5) is 0 Å². The third-order valence-electron chi connectivity index (χ3n) is 4.46. The van der Waals surface area contributed by atoms with E-state index in [0.29, 0.717) is 11.5 Å². The molecule has 0 radical (unpaired) electrons. The third kappa shape index (κ3) is 5.07. The van der Waals surface area contributed by atoms with Crippen LogP contribution >= 0.6 is 0 Å². The Morgan fingerprint density at radius 1 is 0.963 bits per heavy atom. The van der Waals surface area contributed by atoms with E-state index in [9.17, 15) is 4.79 Å². The summed E-state index contributed by atoms with van der Waals surface area (Å²) in [7, 11) is 0. The molecule has 0 saturated carbocycles. The van der Waals surface area contributed by atoms with Crippen molar-refractivity contribution >= 4 is 5.78 Å². The maximum absolute atomic E-state index is 11.4. The number of unbranched alkanes of at least 4 members (excludes halogenated alkanes) is 3. The summed E-state index contributed by atoms with van der Waals surface area (Å²) in [5, 5.41) is 0. The van der Waals surface area contributed by atoms with Gasteiger partial charge in [0.05, 0.1) is 6.61 Å². The molecule has 0 bridgehead atoms. The molecule has 2 aromatic carbocycles. The molecule has 0 saturated heterocycles. The van der Waals surface area contributed by atoms with Gasteiger partial charge in [0.2, 0.25) is 5.89 Å². The van der Waals surface area contributed by atoms with E-state index in [2.05, 4.69) is 11.9 Å². The lowest BCUT2D eigenvalue weighted by atomic mass is 10.1. The number of rotatable bonds is 9. The molecule has 0 aliphatic rings. The van der Waals surface area contributed by atoms with Crippen LogP contribution in [0.25, 0.3) is 22.7 Å². The molecule has 0 unspecified atom stereocenters. The smallest absolute Gasteiger partial charge is 0.226 e. The van der Waals surface area contributed by atoms with Crippen molar-refractivity contribution in [3.63, 3.8) is 0 Å². The Morgan fingerprint density at radius 3 is 2.33 bits per heavy atom. The summed E-state index contributed by atoms with van der Waals surface area (Å²) in [5.74, 6) is 1.48. The summed E-state index contributed by atoms with van der Waals surface area (Å²) in [5.41, 5.74) is 3.26. The largest absolute Gasteiger partial charge is 0.494 e. The first-order valence-electron chi connectivity index (χ1n) is 9.47. The molecule has 1 aromatic heterocycles. The molecule has 1 heterocycles. The average molecular weight is 363 g/mol. The van der Waals surface area contributed by atoms with E-state index in [4.69, 9.17) is 9.15 Å². The number of hydrogen-bond donors (Lipinski definition) is 0. The summed E-state index contributed by atoms with van der Waals surface area (Å²) in [6, 6.07) is 15.2. The van der Waals surface area contributed by atoms with E-state index in [1.54, 1.807) is 25.3 Å². The fourth-order valence-electron chi connectivity index (χ4n) is 2.83. The maximum Gasteiger partial charge on any atom is 0.226 e. The van der Waals surface area contributed by atoms with Crippen molar-refractivity contribution in [2.24, 2.45) is 0 Å². The standard InChI is InChI=1S/C23H25NO3/c1-3-4-5-6-15-26-21-13-11-20(12-14-21)23-24-22(16-27-23)19-9-7-18(8-10-19)17(2)25/h7-14,16H,3-6,15H2,1-2H3. The van der Waals surface area contributed by atoms with E-state index in [0.717, 1.165) is 35.6 Å².